The zero-order chi connectivity index (χ0) is 15.4. The molecule has 1 unspecified atom stereocenters. The van der Waals surface area contributed by atoms with Gasteiger partial charge in [-0.2, -0.15) is 5.10 Å². The fraction of sp³-hybridized carbons (Fsp3) is 0.375. The van der Waals surface area contributed by atoms with Gasteiger partial charge in [-0.05, 0) is 30.0 Å². The van der Waals surface area contributed by atoms with Gasteiger partial charge in [-0.15, -0.1) is 0 Å². The average Bonchev–Trinajstić information content (AvgIpc) is 2.86. The fourth-order valence-electron chi connectivity index (χ4n) is 2.09. The van der Waals surface area contributed by atoms with Gasteiger partial charge in [-0.25, -0.2) is 4.79 Å². The highest BCUT2D eigenvalue weighted by Crippen LogP contribution is 2.22. The summed E-state index contributed by atoms with van der Waals surface area (Å²) in [6.45, 7) is 4.52. The molecule has 1 atom stereocenters. The van der Waals surface area contributed by atoms with Crippen LogP contribution in [0.2, 0.25) is 0 Å². The van der Waals surface area contributed by atoms with Crippen LogP contribution in [-0.2, 0) is 13.7 Å². The lowest BCUT2D eigenvalue weighted by Crippen LogP contribution is -2.08. The van der Waals surface area contributed by atoms with E-state index in [1.54, 1.807) is 7.05 Å². The molecule has 1 aromatic carbocycles. The molecule has 0 spiro atoms. The highest BCUT2D eigenvalue weighted by Gasteiger charge is 2.15. The van der Waals surface area contributed by atoms with Crippen molar-refractivity contribution in [1.82, 2.24) is 9.78 Å². The molecule has 21 heavy (non-hydrogen) atoms. The summed E-state index contributed by atoms with van der Waals surface area (Å²) in [5.41, 5.74) is 2.00. The van der Waals surface area contributed by atoms with Gasteiger partial charge in [0.25, 0.3) is 0 Å². The molecule has 5 nitrogen and oxygen atoms in total. The Morgan fingerprint density at radius 3 is 2.62 bits per heavy atom. The molecule has 0 aliphatic carbocycles. The molecule has 2 rings (SSSR count). The third-order valence-corrected chi connectivity index (χ3v) is 3.73. The summed E-state index contributed by atoms with van der Waals surface area (Å²) in [5, 5.41) is 13.0. The summed E-state index contributed by atoms with van der Waals surface area (Å²) in [7, 11) is 1.71. The first-order valence-corrected chi connectivity index (χ1v) is 6.99. The van der Waals surface area contributed by atoms with E-state index in [-0.39, 0.29) is 12.2 Å². The lowest BCUT2D eigenvalue weighted by Gasteiger charge is -2.11. The molecule has 112 valence electrons. The van der Waals surface area contributed by atoms with Crippen LogP contribution in [0.25, 0.3) is 0 Å². The van der Waals surface area contributed by atoms with Gasteiger partial charge < -0.3 is 9.84 Å². The Hall–Kier alpha value is -2.30. The molecule has 0 radical (unpaired) electrons. The first-order valence-electron chi connectivity index (χ1n) is 6.99. The first-order chi connectivity index (χ1) is 10.0. The van der Waals surface area contributed by atoms with Gasteiger partial charge >= 0.3 is 5.97 Å². The maximum absolute atomic E-state index is 11.1. The van der Waals surface area contributed by atoms with Gasteiger partial charge in [0.15, 0.2) is 0 Å². The summed E-state index contributed by atoms with van der Waals surface area (Å²) >= 11 is 0. The molecule has 0 fully saturated rings. The van der Waals surface area contributed by atoms with Gasteiger partial charge in [0.1, 0.15) is 17.9 Å². The lowest BCUT2D eigenvalue weighted by atomic mass is 9.99. The Bertz CT molecular complexity index is 617. The van der Waals surface area contributed by atoms with Crippen LogP contribution in [-0.4, -0.2) is 20.9 Å². The van der Waals surface area contributed by atoms with Crippen molar-refractivity contribution in [2.45, 2.75) is 32.8 Å². The molecule has 5 heteroatoms. The first kappa shape index (κ1) is 15.1. The minimum atomic E-state index is -0.992. The van der Waals surface area contributed by atoms with Crippen LogP contribution in [0.15, 0.2) is 30.5 Å². The van der Waals surface area contributed by atoms with Crippen molar-refractivity contribution in [3.8, 4) is 5.75 Å². The van der Waals surface area contributed by atoms with Crippen molar-refractivity contribution in [3.63, 3.8) is 0 Å². The number of aromatic carboxylic acids is 1. The molecule has 1 N–H and O–H groups in total. The Balaban J connectivity index is 2.07. The Morgan fingerprint density at radius 1 is 1.38 bits per heavy atom. The lowest BCUT2D eigenvalue weighted by molar-refractivity contribution is 0.0693. The minimum absolute atomic E-state index is 0.175. The Kier molecular flexibility index (Phi) is 4.62. The number of carboxylic acid groups (broad SMARTS) is 1. The van der Waals surface area contributed by atoms with Gasteiger partial charge in [0, 0.05) is 7.05 Å². The number of ether oxygens (including phenoxy) is 1. The van der Waals surface area contributed by atoms with Crippen molar-refractivity contribution in [2.75, 3.05) is 0 Å². The molecular formula is C16H20N2O3. The second-order valence-electron chi connectivity index (χ2n) is 5.10. The highest BCUT2D eigenvalue weighted by molar-refractivity contribution is 5.88. The number of hydrogen-bond acceptors (Lipinski definition) is 3. The van der Waals surface area contributed by atoms with E-state index in [9.17, 15) is 4.79 Å². The predicted molar refractivity (Wildman–Crippen MR) is 79.6 cm³/mol. The maximum Gasteiger partial charge on any atom is 0.339 e. The van der Waals surface area contributed by atoms with Crippen LogP contribution >= 0.6 is 0 Å². The van der Waals surface area contributed by atoms with Gasteiger partial charge in [-0.1, -0.05) is 26.0 Å². The van der Waals surface area contributed by atoms with Crippen LogP contribution in [0, 0.1) is 0 Å². The number of carbonyl (C=O) groups is 1. The highest BCUT2D eigenvalue weighted by atomic mass is 16.5. The summed E-state index contributed by atoms with van der Waals surface area (Å²) in [5.74, 6) is 0.253. The summed E-state index contributed by atoms with van der Waals surface area (Å²) in [6.07, 6.45) is 2.43. The monoisotopic (exact) mass is 288 g/mol. The molecule has 0 aliphatic rings. The Labute approximate surface area is 124 Å². The molecular weight excluding hydrogens is 268 g/mol. The number of aryl methyl sites for hydroxylation is 1. The maximum atomic E-state index is 11.1. The van der Waals surface area contributed by atoms with Crippen LogP contribution in [0.3, 0.4) is 0 Å². The fourth-order valence-corrected chi connectivity index (χ4v) is 2.09. The molecule has 0 saturated heterocycles. The Morgan fingerprint density at radius 2 is 2.05 bits per heavy atom. The molecule has 1 heterocycles. The van der Waals surface area contributed by atoms with E-state index >= 15 is 0 Å². The van der Waals surface area contributed by atoms with Crippen LogP contribution in [0.5, 0.6) is 5.75 Å². The minimum Gasteiger partial charge on any atom is -0.487 e. The second kappa shape index (κ2) is 6.43. The van der Waals surface area contributed by atoms with E-state index in [2.05, 4.69) is 18.9 Å². The van der Waals surface area contributed by atoms with Crippen molar-refractivity contribution < 1.29 is 14.6 Å². The smallest absolute Gasteiger partial charge is 0.339 e. The quantitative estimate of drug-likeness (QED) is 0.886. The van der Waals surface area contributed by atoms with Gasteiger partial charge in [0.2, 0.25) is 0 Å². The molecule has 0 bridgehead atoms. The number of rotatable bonds is 6. The number of benzene rings is 1. The third-order valence-electron chi connectivity index (χ3n) is 3.73. The van der Waals surface area contributed by atoms with E-state index in [0.29, 0.717) is 11.6 Å². The van der Waals surface area contributed by atoms with Crippen molar-refractivity contribution in [1.29, 1.82) is 0 Å². The molecule has 0 aliphatic heterocycles. The second-order valence-corrected chi connectivity index (χ2v) is 5.10. The van der Waals surface area contributed by atoms with E-state index < -0.39 is 5.97 Å². The van der Waals surface area contributed by atoms with Crippen molar-refractivity contribution in [2.24, 2.45) is 7.05 Å². The standard InChI is InChI=1S/C16H20N2O3/c1-4-11(2)12-5-7-13(8-6-12)21-10-15-14(16(19)20)9-17-18(15)3/h5-9,11H,4,10H2,1-3H3,(H,19,20). The average molecular weight is 288 g/mol. The van der Waals surface area contributed by atoms with Crippen LogP contribution < -0.4 is 4.74 Å². The van der Waals surface area contributed by atoms with E-state index in [1.807, 2.05) is 24.3 Å². The molecule has 2 aromatic rings. The number of carboxylic acids is 1. The zero-order valence-corrected chi connectivity index (χ0v) is 12.5. The van der Waals surface area contributed by atoms with Crippen LogP contribution in [0.4, 0.5) is 0 Å². The van der Waals surface area contributed by atoms with Gasteiger partial charge in [0.05, 0.1) is 11.9 Å². The van der Waals surface area contributed by atoms with E-state index in [4.69, 9.17) is 9.84 Å². The predicted octanol–water partition coefficient (Wildman–Crippen LogP) is 3.21. The number of hydrogen-bond donors (Lipinski definition) is 1. The van der Waals surface area contributed by atoms with Crippen molar-refractivity contribution in [3.05, 3.63) is 47.3 Å². The normalized spacial score (nSPS) is 12.1. The topological polar surface area (TPSA) is 64.3 Å². The third kappa shape index (κ3) is 3.42. The SMILES string of the molecule is CCC(C)c1ccc(OCc2c(C(=O)O)cnn2C)cc1. The largest absolute Gasteiger partial charge is 0.487 e. The van der Waals surface area contributed by atoms with E-state index in [1.165, 1.54) is 16.4 Å². The number of nitrogens with zero attached hydrogens (tertiary/aromatic N) is 2. The van der Waals surface area contributed by atoms with E-state index in [0.717, 1.165) is 12.2 Å². The molecule has 0 amide bonds. The zero-order valence-electron chi connectivity index (χ0n) is 12.5. The molecule has 1 aromatic heterocycles. The van der Waals surface area contributed by atoms with Crippen molar-refractivity contribution >= 4 is 5.97 Å². The number of aromatic nitrogens is 2. The van der Waals surface area contributed by atoms with Crippen LogP contribution in [0.1, 0.15) is 47.8 Å². The molecule has 0 saturated carbocycles. The van der Waals surface area contributed by atoms with Gasteiger partial charge in [-0.3, -0.25) is 4.68 Å². The summed E-state index contributed by atoms with van der Waals surface area (Å²) in [6, 6.07) is 7.92. The summed E-state index contributed by atoms with van der Waals surface area (Å²) in [4.78, 5) is 11.1. The summed E-state index contributed by atoms with van der Waals surface area (Å²) < 4.78 is 7.19.